The number of aromatic nitrogens is 6. The van der Waals surface area contributed by atoms with E-state index in [1.54, 1.807) is 22.7 Å². The largest absolute Gasteiger partial charge is 0.418 e. The van der Waals surface area contributed by atoms with Crippen LogP contribution in [0.5, 0.6) is 0 Å². The van der Waals surface area contributed by atoms with Crippen molar-refractivity contribution in [2.75, 3.05) is 43.4 Å². The van der Waals surface area contributed by atoms with Gasteiger partial charge in [0.2, 0.25) is 11.8 Å². The summed E-state index contributed by atoms with van der Waals surface area (Å²) in [6.07, 6.45) is -5.91. The second-order valence-electron chi connectivity index (χ2n) is 8.60. The van der Waals surface area contributed by atoms with Gasteiger partial charge in [0.05, 0.1) is 23.8 Å². The van der Waals surface area contributed by atoms with Crippen LogP contribution in [-0.2, 0) is 6.54 Å². The summed E-state index contributed by atoms with van der Waals surface area (Å²) in [4.78, 5) is 12.8. The molecule has 1 fully saturated rings. The Labute approximate surface area is 208 Å². The second-order valence-corrected chi connectivity index (χ2v) is 8.60. The van der Waals surface area contributed by atoms with Gasteiger partial charge in [-0.25, -0.2) is 9.07 Å². The molecule has 0 saturated carbocycles. The van der Waals surface area contributed by atoms with Crippen LogP contribution in [-0.4, -0.2) is 78.3 Å². The maximum absolute atomic E-state index is 14.6. The number of benzene rings is 1. The normalized spacial score (nSPS) is 15.8. The number of nitrogens with two attached hydrogens (primary N) is 1. The number of nitrogens with zero attached hydrogens (tertiary/aromatic N) is 8. The zero-order valence-corrected chi connectivity index (χ0v) is 19.7. The number of nitrogen functional groups attached to an aromatic ring is 1. The maximum atomic E-state index is 14.6. The number of fused-ring (bicyclic) bond motifs is 3. The average molecular weight is 517 g/mol. The molecule has 1 unspecified atom stereocenters. The lowest BCUT2D eigenvalue weighted by atomic mass is 10.1. The molecule has 14 heteroatoms. The molecule has 10 nitrogen and oxygen atoms in total. The maximum Gasteiger partial charge on any atom is 0.418 e. The first-order chi connectivity index (χ1) is 17.7. The Morgan fingerprint density at radius 2 is 1.86 bits per heavy atom. The highest BCUT2D eigenvalue weighted by Crippen LogP contribution is 2.34. The fourth-order valence-corrected chi connectivity index (χ4v) is 4.37. The van der Waals surface area contributed by atoms with E-state index in [4.69, 9.17) is 5.73 Å². The summed E-state index contributed by atoms with van der Waals surface area (Å²) in [6, 6.07) is 3.13. The molecule has 1 saturated heterocycles. The van der Waals surface area contributed by atoms with Crippen LogP contribution in [0.3, 0.4) is 0 Å². The van der Waals surface area contributed by atoms with Crippen LogP contribution in [0.15, 0.2) is 24.4 Å². The standard InChI is InChI=1S/C23H23F4N9O/c1-2-3-18-30-21-15-13-29-35(20(15)31-22(28)36(21)32-18)11-8-33-6-9-34(10-7-33)17-5-4-14(12-16(17)24)19(37)23(25,26)27/h4-5,12-13,19,37H,6-11H2,1H3,(H2,28,31). The molecule has 3 aromatic heterocycles. The number of anilines is 2. The number of aliphatic hydroxyl groups excluding tert-OH is 1. The van der Waals surface area contributed by atoms with Crippen molar-refractivity contribution in [3.63, 3.8) is 0 Å². The molecule has 0 aliphatic carbocycles. The zero-order valence-electron chi connectivity index (χ0n) is 19.7. The minimum Gasteiger partial charge on any atom is -0.379 e. The number of rotatable bonds is 5. The van der Waals surface area contributed by atoms with Gasteiger partial charge in [0.15, 0.2) is 17.4 Å². The quantitative estimate of drug-likeness (QED) is 0.305. The van der Waals surface area contributed by atoms with Gasteiger partial charge in [0.1, 0.15) is 5.82 Å². The lowest BCUT2D eigenvalue weighted by Gasteiger charge is -2.36. The molecule has 1 atom stereocenters. The van der Waals surface area contributed by atoms with E-state index < -0.39 is 23.7 Å². The van der Waals surface area contributed by atoms with Gasteiger partial charge in [-0.3, -0.25) is 4.90 Å². The van der Waals surface area contributed by atoms with E-state index >= 15 is 0 Å². The summed E-state index contributed by atoms with van der Waals surface area (Å²) < 4.78 is 55.9. The number of halogens is 4. The number of aliphatic hydroxyl groups is 1. The molecule has 0 radical (unpaired) electrons. The molecule has 194 valence electrons. The Morgan fingerprint density at radius 3 is 2.54 bits per heavy atom. The van der Waals surface area contributed by atoms with E-state index in [0.29, 0.717) is 61.8 Å². The number of hydrogen-bond acceptors (Lipinski definition) is 8. The van der Waals surface area contributed by atoms with Gasteiger partial charge in [0.25, 0.3) is 0 Å². The number of piperazine rings is 1. The van der Waals surface area contributed by atoms with Crippen molar-refractivity contribution in [2.45, 2.75) is 25.7 Å². The molecule has 5 rings (SSSR count). The Kier molecular flexibility index (Phi) is 6.34. The van der Waals surface area contributed by atoms with E-state index in [9.17, 15) is 22.7 Å². The molecule has 0 amide bonds. The van der Waals surface area contributed by atoms with Crippen molar-refractivity contribution in [2.24, 2.45) is 0 Å². The van der Waals surface area contributed by atoms with Crippen LogP contribution in [0.4, 0.5) is 29.2 Å². The molecule has 1 aliphatic heterocycles. The van der Waals surface area contributed by atoms with Gasteiger partial charge in [-0.2, -0.15) is 32.8 Å². The van der Waals surface area contributed by atoms with Crippen molar-refractivity contribution in [1.82, 2.24) is 34.3 Å². The van der Waals surface area contributed by atoms with Gasteiger partial charge in [-0.15, -0.1) is 5.10 Å². The number of alkyl halides is 3. The summed E-state index contributed by atoms with van der Waals surface area (Å²) in [5.41, 5.74) is 6.86. The van der Waals surface area contributed by atoms with Gasteiger partial charge >= 0.3 is 6.18 Å². The summed E-state index contributed by atoms with van der Waals surface area (Å²) in [7, 11) is 0. The summed E-state index contributed by atoms with van der Waals surface area (Å²) in [6.45, 7) is 5.09. The summed E-state index contributed by atoms with van der Waals surface area (Å²) in [5, 5.41) is 18.7. The lowest BCUT2D eigenvalue weighted by Crippen LogP contribution is -2.47. The highest BCUT2D eigenvalue weighted by Gasteiger charge is 2.39. The first-order valence-electron chi connectivity index (χ1n) is 11.5. The topological polar surface area (TPSA) is 114 Å². The zero-order chi connectivity index (χ0) is 26.3. The molecular formula is C23H23F4N9O. The van der Waals surface area contributed by atoms with E-state index in [0.717, 1.165) is 12.1 Å². The molecule has 1 aromatic carbocycles. The molecule has 4 heterocycles. The molecule has 37 heavy (non-hydrogen) atoms. The van der Waals surface area contributed by atoms with Gasteiger partial charge in [-0.05, 0) is 30.5 Å². The Hall–Kier alpha value is -3.96. The Balaban J connectivity index is 1.23. The fraction of sp³-hybridized carbons (Fsp3) is 0.391. The Morgan fingerprint density at radius 1 is 1.11 bits per heavy atom. The third-order valence-corrected chi connectivity index (χ3v) is 6.27. The SMILES string of the molecule is CC#Cc1nc2c3cnn(CCN4CCN(c5ccc(C(O)C(F)(F)F)cc5F)CC4)c3nc(N)n2n1. The van der Waals surface area contributed by atoms with Gasteiger partial charge < -0.3 is 15.7 Å². The molecule has 0 bridgehead atoms. The van der Waals surface area contributed by atoms with Crippen LogP contribution < -0.4 is 10.6 Å². The first kappa shape index (κ1) is 24.7. The van der Waals surface area contributed by atoms with Crippen LogP contribution in [0.1, 0.15) is 24.4 Å². The third-order valence-electron chi connectivity index (χ3n) is 6.27. The second kappa shape index (κ2) is 9.49. The first-order valence-corrected chi connectivity index (χ1v) is 11.5. The molecule has 4 aromatic rings. The minimum absolute atomic E-state index is 0.172. The fourth-order valence-electron chi connectivity index (χ4n) is 4.37. The Bertz CT molecular complexity index is 1510. The van der Waals surface area contributed by atoms with Crippen LogP contribution in [0.2, 0.25) is 0 Å². The van der Waals surface area contributed by atoms with Crippen molar-refractivity contribution in [3.05, 3.63) is 41.6 Å². The summed E-state index contributed by atoms with van der Waals surface area (Å²) >= 11 is 0. The highest BCUT2D eigenvalue weighted by atomic mass is 19.4. The molecule has 0 spiro atoms. The summed E-state index contributed by atoms with van der Waals surface area (Å²) in [5.74, 6) is 5.27. The predicted molar refractivity (Wildman–Crippen MR) is 127 cm³/mol. The van der Waals surface area contributed by atoms with Crippen molar-refractivity contribution in [3.8, 4) is 11.8 Å². The van der Waals surface area contributed by atoms with Crippen molar-refractivity contribution >= 4 is 28.3 Å². The van der Waals surface area contributed by atoms with Gasteiger partial charge in [-0.1, -0.05) is 12.0 Å². The molecule has 3 N–H and O–H groups in total. The smallest absolute Gasteiger partial charge is 0.379 e. The van der Waals surface area contributed by atoms with Crippen molar-refractivity contribution in [1.29, 1.82) is 0 Å². The monoisotopic (exact) mass is 517 g/mol. The van der Waals surface area contributed by atoms with E-state index in [2.05, 4.69) is 36.9 Å². The predicted octanol–water partition coefficient (Wildman–Crippen LogP) is 1.98. The van der Waals surface area contributed by atoms with Crippen molar-refractivity contribution < 1.29 is 22.7 Å². The lowest BCUT2D eigenvalue weighted by molar-refractivity contribution is -0.206. The van der Waals surface area contributed by atoms with E-state index in [1.807, 2.05) is 0 Å². The van der Waals surface area contributed by atoms with Crippen LogP contribution >= 0.6 is 0 Å². The third kappa shape index (κ3) is 4.75. The van der Waals surface area contributed by atoms with E-state index in [1.165, 1.54) is 10.6 Å². The average Bonchev–Trinajstić information content (AvgIpc) is 3.47. The number of hydrogen-bond donors (Lipinski definition) is 2. The van der Waals surface area contributed by atoms with Gasteiger partial charge in [0, 0.05) is 32.7 Å². The molecule has 1 aliphatic rings. The van der Waals surface area contributed by atoms with E-state index in [-0.39, 0.29) is 11.6 Å². The molecular weight excluding hydrogens is 494 g/mol. The van der Waals surface area contributed by atoms with Crippen LogP contribution in [0, 0.1) is 17.7 Å². The highest BCUT2D eigenvalue weighted by molar-refractivity contribution is 5.89. The van der Waals surface area contributed by atoms with Crippen LogP contribution in [0.25, 0.3) is 16.7 Å². The minimum atomic E-state index is -4.85.